The lowest BCUT2D eigenvalue weighted by atomic mass is 10.1. The molecule has 26 heavy (non-hydrogen) atoms. The molecular formula is C19H34IN5O. The van der Waals surface area contributed by atoms with Gasteiger partial charge in [-0.1, -0.05) is 18.2 Å². The van der Waals surface area contributed by atoms with Crippen molar-refractivity contribution in [2.75, 3.05) is 45.7 Å². The molecule has 2 N–H and O–H groups in total. The molecule has 0 aliphatic carbocycles. The molecule has 1 aromatic carbocycles. The Bertz CT molecular complexity index is 555. The van der Waals surface area contributed by atoms with Gasteiger partial charge in [0.1, 0.15) is 6.54 Å². The zero-order valence-electron chi connectivity index (χ0n) is 16.9. The van der Waals surface area contributed by atoms with Crippen LogP contribution in [0.5, 0.6) is 0 Å². The zero-order valence-corrected chi connectivity index (χ0v) is 19.2. The van der Waals surface area contributed by atoms with E-state index < -0.39 is 0 Å². The Hall–Kier alpha value is -1.51. The van der Waals surface area contributed by atoms with Gasteiger partial charge in [0.25, 0.3) is 0 Å². The summed E-state index contributed by atoms with van der Waals surface area (Å²) in [4.78, 5) is 19.9. The molecule has 0 unspecified atom stereocenters. The molecule has 0 fully saturated rings. The van der Waals surface area contributed by atoms with E-state index in [0.29, 0.717) is 5.96 Å². The van der Waals surface area contributed by atoms with Crippen molar-refractivity contribution in [3.63, 3.8) is 0 Å². The number of guanidine groups is 1. The zero-order chi connectivity index (χ0) is 18.9. The highest BCUT2D eigenvalue weighted by Gasteiger charge is 2.13. The van der Waals surface area contributed by atoms with Gasteiger partial charge in [0.2, 0.25) is 5.91 Å². The van der Waals surface area contributed by atoms with Crippen LogP contribution in [-0.2, 0) is 4.79 Å². The third kappa shape index (κ3) is 10.5. The molecule has 1 rings (SSSR count). The Kier molecular flexibility index (Phi) is 11.3. The first-order chi connectivity index (χ1) is 11.7. The summed E-state index contributed by atoms with van der Waals surface area (Å²) in [7, 11) is 5.57. The summed E-state index contributed by atoms with van der Waals surface area (Å²) in [5.74, 6) is 0.656. The second-order valence-electron chi connectivity index (χ2n) is 7.37. The Balaban J connectivity index is 0.00000625. The first-order valence-electron chi connectivity index (χ1n) is 8.72. The van der Waals surface area contributed by atoms with Gasteiger partial charge in [0.15, 0.2) is 5.96 Å². The number of benzene rings is 1. The molecule has 0 aromatic heterocycles. The number of likely N-dealkylation sites (N-methyl/N-ethyl adjacent to an activating group) is 1. The maximum absolute atomic E-state index is 11.7. The highest BCUT2D eigenvalue weighted by Crippen LogP contribution is 2.10. The van der Waals surface area contributed by atoms with Crippen LogP contribution in [0.15, 0.2) is 35.3 Å². The van der Waals surface area contributed by atoms with Crippen molar-refractivity contribution < 1.29 is 4.79 Å². The number of carbonyl (C=O) groups excluding carboxylic acids is 1. The van der Waals surface area contributed by atoms with Crippen molar-refractivity contribution in [2.24, 2.45) is 4.99 Å². The van der Waals surface area contributed by atoms with E-state index in [1.54, 1.807) is 19.0 Å². The van der Waals surface area contributed by atoms with Crippen LogP contribution < -0.4 is 15.5 Å². The van der Waals surface area contributed by atoms with E-state index in [2.05, 4.69) is 60.5 Å². The third-order valence-corrected chi connectivity index (χ3v) is 3.52. The van der Waals surface area contributed by atoms with Gasteiger partial charge in [0.05, 0.1) is 0 Å². The molecule has 1 aromatic rings. The summed E-state index contributed by atoms with van der Waals surface area (Å²) < 4.78 is 0. The van der Waals surface area contributed by atoms with E-state index in [1.807, 2.05) is 18.2 Å². The number of carbonyl (C=O) groups is 1. The third-order valence-electron chi connectivity index (χ3n) is 3.52. The van der Waals surface area contributed by atoms with Crippen molar-refractivity contribution in [1.82, 2.24) is 15.5 Å². The lowest BCUT2D eigenvalue weighted by Crippen LogP contribution is -2.48. The maximum Gasteiger partial charge on any atom is 0.243 e. The minimum absolute atomic E-state index is 0. The number of halogens is 1. The van der Waals surface area contributed by atoms with E-state index in [1.165, 1.54) is 5.69 Å². The summed E-state index contributed by atoms with van der Waals surface area (Å²) in [6.07, 6.45) is 0.970. The molecule has 7 heteroatoms. The van der Waals surface area contributed by atoms with Gasteiger partial charge >= 0.3 is 0 Å². The van der Waals surface area contributed by atoms with Gasteiger partial charge < -0.3 is 20.4 Å². The second kappa shape index (κ2) is 12.0. The fraction of sp³-hybridized carbons (Fsp3) is 0.579. The molecule has 0 saturated heterocycles. The molecular weight excluding hydrogens is 441 g/mol. The number of hydrogen-bond acceptors (Lipinski definition) is 3. The van der Waals surface area contributed by atoms with Crippen LogP contribution >= 0.6 is 24.0 Å². The number of nitrogens with zero attached hydrogens (tertiary/aromatic N) is 3. The molecule has 0 spiro atoms. The quantitative estimate of drug-likeness (QED) is 0.276. The average Bonchev–Trinajstić information content (AvgIpc) is 2.55. The standard InChI is InChI=1S/C19H33N5O.HI/c1-19(2,3)22-18(21-15-17(25)23(4)5)20-13-10-14-24(6)16-11-8-7-9-12-16;/h7-9,11-12H,10,13-15H2,1-6H3,(H2,20,21,22);1H. The number of anilines is 1. The number of para-hydroxylation sites is 1. The number of rotatable bonds is 7. The van der Waals surface area contributed by atoms with Crippen molar-refractivity contribution in [3.8, 4) is 0 Å². The molecule has 0 aliphatic heterocycles. The van der Waals surface area contributed by atoms with Gasteiger partial charge in [-0.05, 0) is 39.3 Å². The predicted molar refractivity (Wildman–Crippen MR) is 122 cm³/mol. The molecule has 0 bridgehead atoms. The molecule has 0 heterocycles. The SMILES string of the molecule is CN(C)C(=O)CN=C(NCCCN(C)c1ccccc1)NC(C)(C)C.I. The molecule has 0 saturated carbocycles. The minimum Gasteiger partial charge on any atom is -0.375 e. The monoisotopic (exact) mass is 475 g/mol. The van der Waals surface area contributed by atoms with Crippen molar-refractivity contribution >= 4 is 41.5 Å². The molecule has 148 valence electrons. The highest BCUT2D eigenvalue weighted by atomic mass is 127. The average molecular weight is 475 g/mol. The van der Waals surface area contributed by atoms with Crippen LogP contribution in [0.3, 0.4) is 0 Å². The number of hydrogen-bond donors (Lipinski definition) is 2. The fourth-order valence-electron chi connectivity index (χ4n) is 2.12. The van der Waals surface area contributed by atoms with Crippen LogP contribution in [0, 0.1) is 0 Å². The topological polar surface area (TPSA) is 60.0 Å². The van der Waals surface area contributed by atoms with Gasteiger partial charge in [-0.2, -0.15) is 0 Å². The minimum atomic E-state index is -0.117. The Morgan fingerprint density at radius 1 is 1.12 bits per heavy atom. The van der Waals surface area contributed by atoms with Gasteiger partial charge in [-0.15, -0.1) is 24.0 Å². The lowest BCUT2D eigenvalue weighted by Gasteiger charge is -2.25. The van der Waals surface area contributed by atoms with Gasteiger partial charge in [-0.3, -0.25) is 4.79 Å². The molecule has 0 atom stereocenters. The van der Waals surface area contributed by atoms with Crippen LogP contribution in [0.4, 0.5) is 5.69 Å². The summed E-state index contributed by atoms with van der Waals surface area (Å²) >= 11 is 0. The van der Waals surface area contributed by atoms with Gasteiger partial charge in [0, 0.05) is 45.5 Å². The summed E-state index contributed by atoms with van der Waals surface area (Å²) in [6.45, 7) is 8.08. The van der Waals surface area contributed by atoms with Crippen LogP contribution in [0.25, 0.3) is 0 Å². The van der Waals surface area contributed by atoms with E-state index >= 15 is 0 Å². The summed E-state index contributed by atoms with van der Waals surface area (Å²) in [5, 5.41) is 6.64. The molecule has 0 radical (unpaired) electrons. The first-order valence-corrected chi connectivity index (χ1v) is 8.72. The van der Waals surface area contributed by atoms with E-state index in [9.17, 15) is 4.79 Å². The van der Waals surface area contributed by atoms with Gasteiger partial charge in [-0.25, -0.2) is 4.99 Å². The highest BCUT2D eigenvalue weighted by molar-refractivity contribution is 14.0. The molecule has 6 nitrogen and oxygen atoms in total. The Morgan fingerprint density at radius 2 is 1.73 bits per heavy atom. The van der Waals surface area contributed by atoms with Crippen LogP contribution in [0.2, 0.25) is 0 Å². The summed E-state index contributed by atoms with van der Waals surface area (Å²) in [5.41, 5.74) is 1.09. The second-order valence-corrected chi connectivity index (χ2v) is 7.37. The van der Waals surface area contributed by atoms with Crippen LogP contribution in [0.1, 0.15) is 27.2 Å². The number of nitrogens with one attached hydrogen (secondary N) is 2. The first kappa shape index (κ1) is 24.5. The van der Waals surface area contributed by atoms with Crippen molar-refractivity contribution in [1.29, 1.82) is 0 Å². The van der Waals surface area contributed by atoms with E-state index in [-0.39, 0.29) is 42.0 Å². The largest absolute Gasteiger partial charge is 0.375 e. The van der Waals surface area contributed by atoms with Crippen LogP contribution in [-0.4, -0.2) is 63.1 Å². The molecule has 0 aliphatic rings. The Labute approximate surface area is 175 Å². The lowest BCUT2D eigenvalue weighted by molar-refractivity contribution is -0.127. The number of aliphatic imine (C=N–C) groups is 1. The van der Waals surface area contributed by atoms with Crippen molar-refractivity contribution in [3.05, 3.63) is 30.3 Å². The van der Waals surface area contributed by atoms with E-state index in [4.69, 9.17) is 0 Å². The maximum atomic E-state index is 11.7. The smallest absolute Gasteiger partial charge is 0.243 e. The van der Waals surface area contributed by atoms with E-state index in [0.717, 1.165) is 19.5 Å². The summed E-state index contributed by atoms with van der Waals surface area (Å²) in [6, 6.07) is 10.3. The Morgan fingerprint density at radius 3 is 2.27 bits per heavy atom. The fourth-order valence-corrected chi connectivity index (χ4v) is 2.12. The molecule has 1 amide bonds. The van der Waals surface area contributed by atoms with Crippen molar-refractivity contribution in [2.45, 2.75) is 32.7 Å². The predicted octanol–water partition coefficient (Wildman–Crippen LogP) is 2.55. The normalized spacial score (nSPS) is 11.4. The number of amides is 1.